The van der Waals surface area contributed by atoms with Crippen LogP contribution in [0.15, 0.2) is 17.0 Å². The van der Waals surface area contributed by atoms with Crippen LogP contribution in [0, 0.1) is 11.6 Å². The largest absolute Gasteiger partial charge is 0.287 e. The normalized spacial score (nSPS) is 11.0. The van der Waals surface area contributed by atoms with Crippen molar-refractivity contribution < 1.29 is 23.2 Å². The zero-order valence-corrected chi connectivity index (χ0v) is 21.9. The van der Waals surface area contributed by atoms with E-state index in [1.807, 2.05) is 0 Å². The van der Waals surface area contributed by atoms with Gasteiger partial charge in [0.2, 0.25) is 11.8 Å². The van der Waals surface area contributed by atoms with E-state index >= 15 is 0 Å². The van der Waals surface area contributed by atoms with Crippen LogP contribution in [0.2, 0.25) is 0 Å². The second kappa shape index (κ2) is 17.6. The quantitative estimate of drug-likeness (QED) is 0.160. The fourth-order valence-electron chi connectivity index (χ4n) is 3.68. The van der Waals surface area contributed by atoms with E-state index in [1.54, 1.807) is 0 Å². The fourth-order valence-corrected chi connectivity index (χ4v) is 4.49. The molecule has 0 spiro atoms. The first-order valence-corrected chi connectivity index (χ1v) is 13.7. The number of amides is 2. The van der Waals surface area contributed by atoms with E-state index in [9.17, 15) is 23.2 Å². The summed E-state index contributed by atoms with van der Waals surface area (Å²) in [4.78, 5) is 39.1. The van der Waals surface area contributed by atoms with Crippen molar-refractivity contribution in [3.8, 4) is 0 Å². The van der Waals surface area contributed by atoms with Gasteiger partial charge in [-0.15, -0.1) is 0 Å². The van der Waals surface area contributed by atoms with Gasteiger partial charge in [0.15, 0.2) is 5.12 Å². The van der Waals surface area contributed by atoms with E-state index in [0.717, 1.165) is 68.8 Å². The smallest absolute Gasteiger partial charge is 0.233 e. The summed E-state index contributed by atoms with van der Waals surface area (Å²) in [6, 6.07) is 1.82. The van der Waals surface area contributed by atoms with Crippen molar-refractivity contribution in [2.24, 2.45) is 0 Å². The number of thioether (sulfide) groups is 1. The Kier molecular flexibility index (Phi) is 15.7. The molecule has 1 rings (SSSR count). The summed E-state index contributed by atoms with van der Waals surface area (Å²) in [5.41, 5.74) is -0.260. The van der Waals surface area contributed by atoms with Crippen molar-refractivity contribution in [2.45, 2.75) is 122 Å². The molecule has 0 atom stereocenters. The van der Waals surface area contributed by atoms with Crippen LogP contribution in [0.3, 0.4) is 0 Å². The van der Waals surface area contributed by atoms with E-state index in [2.05, 4.69) is 20.8 Å². The monoisotopic (exact) mass is 497 g/mol. The molecule has 192 valence electrons. The molecule has 0 aromatic heterocycles. The number of halogens is 2. The Labute approximate surface area is 208 Å². The topological polar surface area (TPSA) is 54.5 Å². The maximum absolute atomic E-state index is 14.8. The van der Waals surface area contributed by atoms with Crippen molar-refractivity contribution in [2.75, 3.05) is 4.90 Å². The standard InChI is InChI=1S/C27H41F2NO3S/c1-4-7-10-13-16-25(31)30(26(32)17-14-11-8-5-2)23-20-24(22(29)19-21(23)28)34-27(33)18-15-12-9-6-3/h19-20H,4-18H2,1-3H3. The summed E-state index contributed by atoms with van der Waals surface area (Å²) in [6.45, 7) is 6.20. The van der Waals surface area contributed by atoms with Gasteiger partial charge in [-0.1, -0.05) is 78.6 Å². The molecule has 0 aliphatic rings. The van der Waals surface area contributed by atoms with Gasteiger partial charge in [-0.25, -0.2) is 13.7 Å². The lowest BCUT2D eigenvalue weighted by Crippen LogP contribution is -2.37. The van der Waals surface area contributed by atoms with E-state index in [-0.39, 0.29) is 28.5 Å². The molecule has 0 heterocycles. The maximum Gasteiger partial charge on any atom is 0.233 e. The lowest BCUT2D eigenvalue weighted by molar-refractivity contribution is -0.126. The number of benzene rings is 1. The molecule has 1 aromatic rings. The van der Waals surface area contributed by atoms with Crippen LogP contribution in [0.25, 0.3) is 0 Å². The number of unbranched alkanes of at least 4 members (excludes halogenated alkanes) is 9. The first kappa shape index (κ1) is 30.3. The molecule has 0 fully saturated rings. The van der Waals surface area contributed by atoms with Crippen molar-refractivity contribution in [3.63, 3.8) is 0 Å². The molecule has 1 aromatic carbocycles. The van der Waals surface area contributed by atoms with Gasteiger partial charge in [-0.3, -0.25) is 14.4 Å². The highest BCUT2D eigenvalue weighted by Gasteiger charge is 2.27. The molecular weight excluding hydrogens is 456 g/mol. The van der Waals surface area contributed by atoms with Crippen molar-refractivity contribution in [3.05, 3.63) is 23.8 Å². The Morgan fingerprint density at radius 1 is 0.676 bits per heavy atom. The fraction of sp³-hybridized carbons (Fsp3) is 0.667. The van der Waals surface area contributed by atoms with Gasteiger partial charge in [0.1, 0.15) is 11.6 Å². The summed E-state index contributed by atoms with van der Waals surface area (Å²) in [7, 11) is 0. The van der Waals surface area contributed by atoms with E-state index in [4.69, 9.17) is 0 Å². The third kappa shape index (κ3) is 11.1. The van der Waals surface area contributed by atoms with Crippen LogP contribution in [0.1, 0.15) is 117 Å². The van der Waals surface area contributed by atoms with Gasteiger partial charge < -0.3 is 0 Å². The summed E-state index contributed by atoms with van der Waals surface area (Å²) < 4.78 is 29.3. The zero-order valence-electron chi connectivity index (χ0n) is 21.1. The highest BCUT2D eigenvalue weighted by molar-refractivity contribution is 8.13. The Bertz CT molecular complexity index is 761. The lowest BCUT2D eigenvalue weighted by Gasteiger charge is -2.22. The number of hydrogen-bond donors (Lipinski definition) is 0. The van der Waals surface area contributed by atoms with Gasteiger partial charge in [-0.05, 0) is 37.1 Å². The average Bonchev–Trinajstić information content (AvgIpc) is 2.80. The van der Waals surface area contributed by atoms with E-state index in [1.165, 1.54) is 0 Å². The molecule has 34 heavy (non-hydrogen) atoms. The summed E-state index contributed by atoms with van der Waals surface area (Å²) in [6.07, 6.45) is 11.1. The molecule has 0 N–H and O–H groups in total. The molecule has 0 aliphatic heterocycles. The minimum atomic E-state index is -0.971. The molecular formula is C27H41F2NO3S. The van der Waals surface area contributed by atoms with Crippen LogP contribution in [-0.4, -0.2) is 16.9 Å². The highest BCUT2D eigenvalue weighted by atomic mass is 32.2. The number of anilines is 1. The second-order valence-corrected chi connectivity index (χ2v) is 9.86. The lowest BCUT2D eigenvalue weighted by atomic mass is 10.1. The summed E-state index contributed by atoms with van der Waals surface area (Å²) in [5, 5.41) is -0.212. The summed E-state index contributed by atoms with van der Waals surface area (Å²) in [5.74, 6) is -2.80. The number of rotatable bonds is 17. The maximum atomic E-state index is 14.8. The van der Waals surface area contributed by atoms with Crippen LogP contribution >= 0.6 is 11.8 Å². The van der Waals surface area contributed by atoms with Gasteiger partial charge >= 0.3 is 0 Å². The SMILES string of the molecule is CCCCCCC(=O)Sc1cc(N(C(=O)CCCCCC)C(=O)CCCCCC)c(F)cc1F. The minimum absolute atomic E-state index is 0.0561. The minimum Gasteiger partial charge on any atom is -0.287 e. The Morgan fingerprint density at radius 3 is 1.62 bits per heavy atom. The van der Waals surface area contributed by atoms with Gasteiger partial charge in [0.05, 0.1) is 10.6 Å². The third-order valence-electron chi connectivity index (χ3n) is 5.69. The van der Waals surface area contributed by atoms with Gasteiger partial charge in [-0.2, -0.15) is 0 Å². The number of nitrogens with zero attached hydrogens (tertiary/aromatic N) is 1. The molecule has 0 bridgehead atoms. The zero-order chi connectivity index (χ0) is 25.3. The molecule has 0 saturated heterocycles. The molecule has 7 heteroatoms. The van der Waals surface area contributed by atoms with Crippen molar-refractivity contribution in [1.29, 1.82) is 0 Å². The molecule has 0 unspecified atom stereocenters. The highest BCUT2D eigenvalue weighted by Crippen LogP contribution is 2.32. The molecule has 0 aliphatic carbocycles. The van der Waals surface area contributed by atoms with Gasteiger partial charge in [0, 0.05) is 25.3 Å². The molecule has 0 saturated carbocycles. The Balaban J connectivity index is 3.07. The Hall–Kier alpha value is -1.76. The van der Waals surface area contributed by atoms with Crippen LogP contribution in [-0.2, 0) is 14.4 Å². The van der Waals surface area contributed by atoms with Crippen LogP contribution in [0.4, 0.5) is 14.5 Å². The predicted octanol–water partition coefficient (Wildman–Crippen LogP) is 8.35. The number of hydrogen-bond acceptors (Lipinski definition) is 4. The van der Waals surface area contributed by atoms with Crippen molar-refractivity contribution >= 4 is 34.4 Å². The van der Waals surface area contributed by atoms with Crippen LogP contribution < -0.4 is 4.90 Å². The second-order valence-electron chi connectivity index (χ2n) is 8.76. The average molecular weight is 498 g/mol. The molecule has 0 radical (unpaired) electrons. The van der Waals surface area contributed by atoms with E-state index in [0.29, 0.717) is 43.5 Å². The van der Waals surface area contributed by atoms with Crippen molar-refractivity contribution in [1.82, 2.24) is 0 Å². The van der Waals surface area contributed by atoms with Gasteiger partial charge in [0.25, 0.3) is 0 Å². The summed E-state index contributed by atoms with van der Waals surface area (Å²) >= 11 is 0.711. The first-order valence-electron chi connectivity index (χ1n) is 12.9. The number of imide groups is 1. The molecule has 4 nitrogen and oxygen atoms in total. The van der Waals surface area contributed by atoms with Crippen LogP contribution in [0.5, 0.6) is 0 Å². The number of carbonyl (C=O) groups is 3. The third-order valence-corrected chi connectivity index (χ3v) is 6.65. The number of carbonyl (C=O) groups excluding carboxylic acids is 3. The predicted molar refractivity (Wildman–Crippen MR) is 136 cm³/mol. The molecule has 2 amide bonds. The van der Waals surface area contributed by atoms with E-state index < -0.39 is 23.4 Å². The first-order chi connectivity index (χ1) is 16.3. The Morgan fingerprint density at radius 2 is 1.15 bits per heavy atom.